The second kappa shape index (κ2) is 8.24. The molecule has 3 N–H and O–H groups in total. The van der Waals surface area contributed by atoms with Crippen LogP contribution >= 0.6 is 0 Å². The first-order valence-electron chi connectivity index (χ1n) is 10.8. The zero-order chi connectivity index (χ0) is 22.2. The Morgan fingerprint density at radius 3 is 2.32 bits per heavy atom. The maximum Gasteiger partial charge on any atom is 0.337 e. The van der Waals surface area contributed by atoms with Crippen LogP contribution in [-0.4, -0.2) is 65.0 Å². The number of hydrogen-bond donors (Lipinski definition) is 3. The number of carbonyl (C=O) groups excluding carboxylic acids is 1. The van der Waals surface area contributed by atoms with Crippen LogP contribution in [0, 0.1) is 23.2 Å². The minimum atomic E-state index is -3.67. The predicted molar refractivity (Wildman–Crippen MR) is 112 cm³/mol. The van der Waals surface area contributed by atoms with E-state index in [0.29, 0.717) is 38.8 Å². The molecule has 1 saturated heterocycles. The van der Waals surface area contributed by atoms with Crippen LogP contribution in [0.15, 0.2) is 35.2 Å². The Morgan fingerprint density at radius 1 is 1.13 bits per heavy atom. The van der Waals surface area contributed by atoms with E-state index in [9.17, 15) is 28.7 Å². The third-order valence-electron chi connectivity index (χ3n) is 6.81. The van der Waals surface area contributed by atoms with Crippen LogP contribution in [0.4, 0.5) is 0 Å². The SMILES string of the molecule is N#CC1(NC(=O)[C@@H]2C[C@@H](S(=O)(=O)c3ccccc3)C[C@H]2C(O)=[N+]2CCC(O)CC2)CC1. The number of aliphatic hydroxyl groups excluding tert-OH is 2. The van der Waals surface area contributed by atoms with Crippen LogP contribution in [0.1, 0.15) is 38.5 Å². The first-order chi connectivity index (χ1) is 14.8. The Kier molecular flexibility index (Phi) is 5.79. The Balaban J connectivity index is 1.63. The van der Waals surface area contributed by atoms with Gasteiger partial charge in [0, 0.05) is 12.8 Å². The Bertz CT molecular complexity index is 1020. The maximum atomic E-state index is 13.2. The molecule has 166 valence electrons. The molecule has 1 aromatic carbocycles. The van der Waals surface area contributed by atoms with Gasteiger partial charge in [0.2, 0.25) is 5.91 Å². The molecule has 0 radical (unpaired) electrons. The molecular weight excluding hydrogens is 418 g/mol. The van der Waals surface area contributed by atoms with Crippen LogP contribution in [0.2, 0.25) is 0 Å². The molecule has 1 aliphatic heterocycles. The second-order valence-corrected chi connectivity index (χ2v) is 11.2. The lowest BCUT2D eigenvalue weighted by molar-refractivity contribution is -0.551. The molecule has 1 amide bonds. The summed E-state index contributed by atoms with van der Waals surface area (Å²) in [6, 6.07) is 10.3. The predicted octanol–water partition coefficient (Wildman–Crippen LogP) is 1.15. The van der Waals surface area contributed by atoms with Crippen molar-refractivity contribution in [3.63, 3.8) is 0 Å². The van der Waals surface area contributed by atoms with Crippen LogP contribution in [0.3, 0.4) is 0 Å². The number of benzene rings is 1. The summed E-state index contributed by atoms with van der Waals surface area (Å²) >= 11 is 0. The number of carbonyl (C=O) groups is 1. The molecule has 3 aliphatic rings. The average Bonchev–Trinajstić information content (AvgIpc) is 3.39. The van der Waals surface area contributed by atoms with Gasteiger partial charge in [0.15, 0.2) is 9.84 Å². The molecule has 9 heteroatoms. The second-order valence-electron chi connectivity index (χ2n) is 8.92. The largest absolute Gasteiger partial charge is 0.463 e. The molecular formula is C22H28N3O5S+. The van der Waals surface area contributed by atoms with Crippen LogP contribution in [-0.2, 0) is 14.6 Å². The number of piperidine rings is 1. The zero-order valence-electron chi connectivity index (χ0n) is 17.3. The third-order valence-corrected chi connectivity index (χ3v) is 9.01. The summed E-state index contributed by atoms with van der Waals surface area (Å²) in [6.07, 6.45) is 2.00. The summed E-state index contributed by atoms with van der Waals surface area (Å²) in [5, 5.41) is 32.1. The van der Waals surface area contributed by atoms with Gasteiger partial charge in [-0.3, -0.25) is 4.79 Å². The van der Waals surface area contributed by atoms with E-state index in [2.05, 4.69) is 11.4 Å². The van der Waals surface area contributed by atoms with Gasteiger partial charge in [0.25, 0.3) is 0 Å². The van der Waals surface area contributed by atoms with Gasteiger partial charge in [-0.2, -0.15) is 5.26 Å². The van der Waals surface area contributed by atoms with Crippen LogP contribution in [0.25, 0.3) is 0 Å². The van der Waals surface area contributed by atoms with Crippen molar-refractivity contribution in [2.45, 2.75) is 60.3 Å². The quantitative estimate of drug-likeness (QED) is 0.459. The van der Waals surface area contributed by atoms with E-state index in [1.54, 1.807) is 34.9 Å². The highest BCUT2D eigenvalue weighted by molar-refractivity contribution is 7.92. The summed E-state index contributed by atoms with van der Waals surface area (Å²) in [7, 11) is -3.67. The fraction of sp³-hybridized carbons (Fsp3) is 0.591. The highest BCUT2D eigenvalue weighted by atomic mass is 32.2. The lowest BCUT2D eigenvalue weighted by Crippen LogP contribution is -2.44. The molecule has 2 saturated carbocycles. The lowest BCUT2D eigenvalue weighted by atomic mass is 9.93. The van der Waals surface area contributed by atoms with Gasteiger partial charge in [-0.05, 0) is 37.8 Å². The summed E-state index contributed by atoms with van der Waals surface area (Å²) in [4.78, 5) is 13.3. The number of nitrogens with one attached hydrogen (secondary N) is 1. The number of aliphatic hydroxyl groups is 2. The smallest absolute Gasteiger partial charge is 0.337 e. The summed E-state index contributed by atoms with van der Waals surface area (Å²) < 4.78 is 28.2. The molecule has 4 rings (SSSR count). The minimum absolute atomic E-state index is 0.0135. The summed E-state index contributed by atoms with van der Waals surface area (Å²) in [5.74, 6) is -1.74. The van der Waals surface area contributed by atoms with Crippen LogP contribution in [0.5, 0.6) is 0 Å². The highest BCUT2D eigenvalue weighted by Crippen LogP contribution is 2.41. The standard InChI is InChI=1S/C22H27N3O5S/c23-14-22(8-9-22)24-20(27)18-12-17(31(29,30)16-4-2-1-3-5-16)13-19(18)21(28)25-10-6-15(26)7-11-25/h1-5,15,17-19,26H,6-13H2,(H,24,27)/p+1/t17-,18-,19-/m1/s1. The van der Waals surface area contributed by atoms with Gasteiger partial charge < -0.3 is 15.5 Å². The van der Waals surface area contributed by atoms with E-state index >= 15 is 0 Å². The molecule has 1 aromatic rings. The van der Waals surface area contributed by atoms with Crippen LogP contribution < -0.4 is 5.32 Å². The van der Waals surface area contributed by atoms with Crippen molar-refractivity contribution in [2.24, 2.45) is 11.8 Å². The number of rotatable bonds is 5. The van der Waals surface area contributed by atoms with E-state index in [4.69, 9.17) is 0 Å². The van der Waals surface area contributed by atoms with Gasteiger partial charge in [0.1, 0.15) is 18.6 Å². The van der Waals surface area contributed by atoms with Gasteiger partial charge in [-0.15, -0.1) is 0 Å². The Labute approximate surface area is 182 Å². The third kappa shape index (κ3) is 4.32. The maximum absolute atomic E-state index is 13.2. The molecule has 0 unspecified atom stereocenters. The van der Waals surface area contributed by atoms with E-state index in [-0.39, 0.29) is 29.5 Å². The minimum Gasteiger partial charge on any atom is -0.463 e. The van der Waals surface area contributed by atoms with Gasteiger partial charge in [-0.25, -0.2) is 13.0 Å². The van der Waals surface area contributed by atoms with Crippen molar-refractivity contribution in [3.8, 4) is 6.07 Å². The van der Waals surface area contributed by atoms with E-state index in [1.165, 1.54) is 0 Å². The molecule has 8 nitrogen and oxygen atoms in total. The monoisotopic (exact) mass is 446 g/mol. The van der Waals surface area contributed by atoms with E-state index < -0.39 is 38.6 Å². The van der Waals surface area contributed by atoms with Crippen molar-refractivity contribution in [1.29, 1.82) is 5.26 Å². The summed E-state index contributed by atoms with van der Waals surface area (Å²) in [5.41, 5.74) is -0.858. The Morgan fingerprint density at radius 2 is 1.74 bits per heavy atom. The average molecular weight is 447 g/mol. The molecule has 0 aromatic heterocycles. The van der Waals surface area contributed by atoms with E-state index in [0.717, 1.165) is 0 Å². The molecule has 31 heavy (non-hydrogen) atoms. The van der Waals surface area contributed by atoms with Crippen molar-refractivity contribution < 1.29 is 28.0 Å². The molecule has 0 bridgehead atoms. The molecule has 2 aliphatic carbocycles. The van der Waals surface area contributed by atoms with Crippen molar-refractivity contribution >= 4 is 21.6 Å². The molecule has 3 fully saturated rings. The number of nitriles is 1. The number of hydrogen-bond acceptors (Lipinski definition) is 5. The first kappa shape index (κ1) is 21.8. The Hall–Kier alpha value is -2.44. The molecule has 0 spiro atoms. The topological polar surface area (TPSA) is 130 Å². The number of nitrogens with zero attached hydrogens (tertiary/aromatic N) is 2. The number of sulfone groups is 1. The molecule has 1 heterocycles. The van der Waals surface area contributed by atoms with Gasteiger partial charge >= 0.3 is 5.90 Å². The van der Waals surface area contributed by atoms with Crippen molar-refractivity contribution in [3.05, 3.63) is 30.3 Å². The molecule has 3 atom stereocenters. The normalized spacial score (nSPS) is 29.7. The lowest BCUT2D eigenvalue weighted by Gasteiger charge is -2.21. The number of amides is 1. The highest BCUT2D eigenvalue weighted by Gasteiger charge is 2.53. The summed E-state index contributed by atoms with van der Waals surface area (Å²) in [6.45, 7) is 0.909. The zero-order valence-corrected chi connectivity index (χ0v) is 18.1. The van der Waals surface area contributed by atoms with E-state index in [1.807, 2.05) is 0 Å². The van der Waals surface area contributed by atoms with Crippen molar-refractivity contribution in [2.75, 3.05) is 13.1 Å². The fourth-order valence-electron chi connectivity index (χ4n) is 4.67. The van der Waals surface area contributed by atoms with Crippen molar-refractivity contribution in [1.82, 2.24) is 5.32 Å². The fourth-order valence-corrected chi connectivity index (χ4v) is 6.51. The van der Waals surface area contributed by atoms with Gasteiger partial charge in [-0.1, -0.05) is 18.2 Å². The first-order valence-corrected chi connectivity index (χ1v) is 12.3. The van der Waals surface area contributed by atoms with Gasteiger partial charge in [0.05, 0.1) is 34.2 Å².